The van der Waals surface area contributed by atoms with Crippen LogP contribution in [0.15, 0.2) is 54.6 Å². The van der Waals surface area contributed by atoms with Crippen LogP contribution in [0.2, 0.25) is 0 Å². The van der Waals surface area contributed by atoms with Crippen LogP contribution in [0.4, 0.5) is 0 Å². The lowest BCUT2D eigenvalue weighted by Crippen LogP contribution is -2.00. The van der Waals surface area contributed by atoms with Crippen molar-refractivity contribution in [1.82, 2.24) is 0 Å². The Morgan fingerprint density at radius 3 is 2.75 bits per heavy atom. The quantitative estimate of drug-likeness (QED) is 0.682. The van der Waals surface area contributed by atoms with E-state index in [0.29, 0.717) is 5.56 Å². The number of rotatable bonds is 4. The molecule has 20 heavy (non-hydrogen) atoms. The molecule has 0 spiro atoms. The van der Waals surface area contributed by atoms with Gasteiger partial charge in [-0.15, -0.1) is 0 Å². The highest BCUT2D eigenvalue weighted by Gasteiger charge is 2.00. The summed E-state index contributed by atoms with van der Waals surface area (Å²) < 4.78 is 5.14. The molecule has 0 saturated carbocycles. The molecule has 2 aromatic rings. The number of hydrogen-bond donors (Lipinski definition) is 1. The van der Waals surface area contributed by atoms with E-state index in [1.807, 2.05) is 31.2 Å². The molecule has 0 aromatic heterocycles. The SMILES string of the molecule is Cc1cccc(COC(=O)/C=C/c2ccccc2O)c1. The van der Waals surface area contributed by atoms with Gasteiger partial charge in [0.15, 0.2) is 0 Å². The summed E-state index contributed by atoms with van der Waals surface area (Å²) in [4.78, 5) is 11.6. The Bertz CT molecular complexity index is 630. The van der Waals surface area contributed by atoms with E-state index in [4.69, 9.17) is 4.74 Å². The molecule has 1 N–H and O–H groups in total. The third-order valence-corrected chi connectivity index (χ3v) is 2.80. The normalized spacial score (nSPS) is 10.7. The third-order valence-electron chi connectivity index (χ3n) is 2.80. The molecule has 0 saturated heterocycles. The van der Waals surface area contributed by atoms with E-state index in [-0.39, 0.29) is 12.4 Å². The first kappa shape index (κ1) is 13.9. The van der Waals surface area contributed by atoms with E-state index in [1.54, 1.807) is 24.3 Å². The third kappa shape index (κ3) is 3.99. The maximum atomic E-state index is 11.6. The van der Waals surface area contributed by atoms with Crippen LogP contribution in [-0.2, 0) is 16.1 Å². The topological polar surface area (TPSA) is 46.5 Å². The predicted octanol–water partition coefficient (Wildman–Crippen LogP) is 3.46. The Labute approximate surface area is 118 Å². The maximum Gasteiger partial charge on any atom is 0.331 e. The van der Waals surface area contributed by atoms with Gasteiger partial charge in [-0.3, -0.25) is 0 Å². The summed E-state index contributed by atoms with van der Waals surface area (Å²) in [6.45, 7) is 2.23. The van der Waals surface area contributed by atoms with Gasteiger partial charge in [-0.1, -0.05) is 48.0 Å². The van der Waals surface area contributed by atoms with Crippen LogP contribution >= 0.6 is 0 Å². The average molecular weight is 268 g/mol. The lowest BCUT2D eigenvalue weighted by Gasteiger charge is -2.03. The summed E-state index contributed by atoms with van der Waals surface area (Å²) in [6, 6.07) is 14.6. The second-order valence-corrected chi connectivity index (χ2v) is 4.49. The maximum absolute atomic E-state index is 11.6. The first-order valence-corrected chi connectivity index (χ1v) is 6.33. The van der Waals surface area contributed by atoms with Gasteiger partial charge in [0.2, 0.25) is 0 Å². The summed E-state index contributed by atoms with van der Waals surface area (Å²) in [5.41, 5.74) is 2.66. The summed E-state index contributed by atoms with van der Waals surface area (Å²) in [5.74, 6) is -0.301. The largest absolute Gasteiger partial charge is 0.507 e. The molecule has 2 aromatic carbocycles. The van der Waals surface area contributed by atoms with Crippen molar-refractivity contribution in [1.29, 1.82) is 0 Å². The van der Waals surface area contributed by atoms with Crippen LogP contribution < -0.4 is 0 Å². The van der Waals surface area contributed by atoms with Crippen molar-refractivity contribution in [2.24, 2.45) is 0 Å². The Balaban J connectivity index is 1.91. The molecular weight excluding hydrogens is 252 g/mol. The fourth-order valence-electron chi connectivity index (χ4n) is 1.79. The van der Waals surface area contributed by atoms with Crippen LogP contribution in [0, 0.1) is 6.92 Å². The van der Waals surface area contributed by atoms with Crippen LogP contribution in [0.25, 0.3) is 6.08 Å². The van der Waals surface area contributed by atoms with E-state index < -0.39 is 5.97 Å². The number of carbonyl (C=O) groups is 1. The number of phenols is 1. The summed E-state index contributed by atoms with van der Waals surface area (Å²) >= 11 is 0. The average Bonchev–Trinajstić information content (AvgIpc) is 2.44. The molecule has 0 heterocycles. The molecule has 3 nitrogen and oxygen atoms in total. The smallest absolute Gasteiger partial charge is 0.331 e. The number of aryl methyl sites for hydroxylation is 1. The number of para-hydroxylation sites is 1. The van der Waals surface area contributed by atoms with Crippen molar-refractivity contribution in [2.75, 3.05) is 0 Å². The van der Waals surface area contributed by atoms with Crippen LogP contribution in [0.1, 0.15) is 16.7 Å². The molecule has 2 rings (SSSR count). The van der Waals surface area contributed by atoms with Crippen LogP contribution in [-0.4, -0.2) is 11.1 Å². The lowest BCUT2D eigenvalue weighted by atomic mass is 10.1. The molecule has 0 aliphatic carbocycles. The molecule has 0 atom stereocenters. The Morgan fingerprint density at radius 1 is 1.20 bits per heavy atom. The fourth-order valence-corrected chi connectivity index (χ4v) is 1.79. The molecule has 0 aliphatic heterocycles. The molecule has 0 fully saturated rings. The van der Waals surface area contributed by atoms with Crippen molar-refractivity contribution in [3.63, 3.8) is 0 Å². The molecular formula is C17H16O3. The minimum atomic E-state index is -0.435. The zero-order chi connectivity index (χ0) is 14.4. The molecule has 0 amide bonds. The second kappa shape index (κ2) is 6.57. The van der Waals surface area contributed by atoms with Gasteiger partial charge in [-0.2, -0.15) is 0 Å². The number of carbonyl (C=O) groups excluding carboxylic acids is 1. The van der Waals surface area contributed by atoms with E-state index in [9.17, 15) is 9.90 Å². The molecule has 0 radical (unpaired) electrons. The number of esters is 1. The van der Waals surface area contributed by atoms with Crippen molar-refractivity contribution in [3.05, 3.63) is 71.3 Å². The number of hydrogen-bond acceptors (Lipinski definition) is 3. The van der Waals surface area contributed by atoms with Crippen molar-refractivity contribution >= 4 is 12.0 Å². The Morgan fingerprint density at radius 2 is 2.00 bits per heavy atom. The lowest BCUT2D eigenvalue weighted by molar-refractivity contribution is -0.138. The highest BCUT2D eigenvalue weighted by molar-refractivity contribution is 5.87. The number of aromatic hydroxyl groups is 1. The monoisotopic (exact) mass is 268 g/mol. The number of ether oxygens (including phenoxy) is 1. The highest BCUT2D eigenvalue weighted by atomic mass is 16.5. The van der Waals surface area contributed by atoms with E-state index >= 15 is 0 Å². The van der Waals surface area contributed by atoms with Gasteiger partial charge in [-0.05, 0) is 24.6 Å². The first-order valence-electron chi connectivity index (χ1n) is 6.33. The van der Waals surface area contributed by atoms with E-state index in [2.05, 4.69) is 0 Å². The zero-order valence-corrected chi connectivity index (χ0v) is 11.2. The number of benzene rings is 2. The van der Waals surface area contributed by atoms with Gasteiger partial charge in [0, 0.05) is 11.6 Å². The van der Waals surface area contributed by atoms with Crippen LogP contribution in [0.3, 0.4) is 0 Å². The van der Waals surface area contributed by atoms with E-state index in [0.717, 1.165) is 11.1 Å². The van der Waals surface area contributed by atoms with Gasteiger partial charge in [-0.25, -0.2) is 4.79 Å². The van der Waals surface area contributed by atoms with Gasteiger partial charge in [0.1, 0.15) is 12.4 Å². The van der Waals surface area contributed by atoms with E-state index in [1.165, 1.54) is 12.2 Å². The van der Waals surface area contributed by atoms with Gasteiger partial charge in [0.25, 0.3) is 0 Å². The van der Waals surface area contributed by atoms with Crippen molar-refractivity contribution < 1.29 is 14.6 Å². The van der Waals surface area contributed by atoms with Crippen molar-refractivity contribution in [2.45, 2.75) is 13.5 Å². The Hall–Kier alpha value is -2.55. The minimum Gasteiger partial charge on any atom is -0.507 e. The predicted molar refractivity (Wildman–Crippen MR) is 78.1 cm³/mol. The molecule has 0 bridgehead atoms. The zero-order valence-electron chi connectivity index (χ0n) is 11.2. The standard InChI is InChI=1S/C17H16O3/c1-13-5-4-6-14(11-13)12-20-17(19)10-9-15-7-2-3-8-16(15)18/h2-11,18H,12H2,1H3/b10-9+. The summed E-state index contributed by atoms with van der Waals surface area (Å²) in [7, 11) is 0. The summed E-state index contributed by atoms with van der Waals surface area (Å²) in [6.07, 6.45) is 2.85. The van der Waals surface area contributed by atoms with Gasteiger partial charge in [0.05, 0.1) is 0 Å². The molecule has 102 valence electrons. The van der Waals surface area contributed by atoms with Gasteiger partial charge < -0.3 is 9.84 Å². The number of phenolic OH excluding ortho intramolecular Hbond substituents is 1. The summed E-state index contributed by atoms with van der Waals surface area (Å²) in [5, 5.41) is 9.56. The Kier molecular flexibility index (Phi) is 4.56. The first-order chi connectivity index (χ1) is 9.65. The molecule has 0 unspecified atom stereocenters. The molecule has 0 aliphatic rings. The minimum absolute atomic E-state index is 0.134. The second-order valence-electron chi connectivity index (χ2n) is 4.49. The van der Waals surface area contributed by atoms with Gasteiger partial charge >= 0.3 is 5.97 Å². The van der Waals surface area contributed by atoms with Crippen molar-refractivity contribution in [3.8, 4) is 5.75 Å². The van der Waals surface area contributed by atoms with Crippen LogP contribution in [0.5, 0.6) is 5.75 Å². The molecule has 3 heteroatoms. The fraction of sp³-hybridized carbons (Fsp3) is 0.118. The highest BCUT2D eigenvalue weighted by Crippen LogP contribution is 2.17.